The molecule has 2 aromatic rings. The van der Waals surface area contributed by atoms with Crippen LogP contribution in [0.25, 0.3) is 0 Å². The third kappa shape index (κ3) is 2.92. The number of amides is 1. The number of pyridine rings is 1. The predicted molar refractivity (Wildman–Crippen MR) is 72.0 cm³/mol. The maximum absolute atomic E-state index is 11.9. The Balaban J connectivity index is 2.21. The maximum Gasteiger partial charge on any atom is 0.339 e. The van der Waals surface area contributed by atoms with Gasteiger partial charge in [-0.1, -0.05) is 0 Å². The van der Waals surface area contributed by atoms with Crippen molar-refractivity contribution in [3.05, 3.63) is 53.3 Å². The largest absolute Gasteiger partial charge is 0.507 e. The standard InChI is InChI=1S/C14H12N2O4/c1-8-2-3-9(7-15-8)13(18)16-10-4-5-12(17)11(6-10)14(19)20/h2-7,17H,1H3,(H,16,18)(H,19,20). The van der Waals surface area contributed by atoms with Gasteiger partial charge in [0.15, 0.2) is 0 Å². The van der Waals surface area contributed by atoms with Crippen molar-refractivity contribution in [2.24, 2.45) is 0 Å². The summed E-state index contributed by atoms with van der Waals surface area (Å²) in [4.78, 5) is 26.8. The highest BCUT2D eigenvalue weighted by Gasteiger charge is 2.12. The Morgan fingerprint density at radius 3 is 2.55 bits per heavy atom. The van der Waals surface area contributed by atoms with Crippen molar-refractivity contribution in [3.63, 3.8) is 0 Å². The summed E-state index contributed by atoms with van der Waals surface area (Å²) in [5.74, 6) is -2.03. The van der Waals surface area contributed by atoms with Gasteiger partial charge in [-0.25, -0.2) is 4.79 Å². The van der Waals surface area contributed by atoms with E-state index in [1.54, 1.807) is 19.1 Å². The summed E-state index contributed by atoms with van der Waals surface area (Å²) >= 11 is 0. The zero-order valence-corrected chi connectivity index (χ0v) is 10.6. The van der Waals surface area contributed by atoms with Crippen molar-refractivity contribution >= 4 is 17.6 Å². The third-order valence-electron chi connectivity index (χ3n) is 2.66. The molecule has 1 aromatic heterocycles. The van der Waals surface area contributed by atoms with Gasteiger partial charge in [-0.15, -0.1) is 0 Å². The highest BCUT2D eigenvalue weighted by Crippen LogP contribution is 2.21. The van der Waals surface area contributed by atoms with Crippen LogP contribution in [-0.2, 0) is 0 Å². The lowest BCUT2D eigenvalue weighted by molar-refractivity contribution is 0.0693. The molecule has 0 fully saturated rings. The van der Waals surface area contributed by atoms with Gasteiger partial charge >= 0.3 is 5.97 Å². The number of hydrogen-bond donors (Lipinski definition) is 3. The Bertz CT molecular complexity index is 665. The van der Waals surface area contributed by atoms with Crippen molar-refractivity contribution in [2.45, 2.75) is 6.92 Å². The van der Waals surface area contributed by atoms with E-state index in [1.165, 1.54) is 24.4 Å². The Morgan fingerprint density at radius 1 is 1.20 bits per heavy atom. The molecule has 0 spiro atoms. The number of carboxylic acid groups (broad SMARTS) is 1. The van der Waals surface area contributed by atoms with Crippen LogP contribution in [0.1, 0.15) is 26.4 Å². The average molecular weight is 272 g/mol. The highest BCUT2D eigenvalue weighted by molar-refractivity contribution is 6.04. The first kappa shape index (κ1) is 13.5. The van der Waals surface area contributed by atoms with Crippen LogP contribution in [0.2, 0.25) is 0 Å². The van der Waals surface area contributed by atoms with Crippen LogP contribution in [0, 0.1) is 6.92 Å². The van der Waals surface area contributed by atoms with Gasteiger partial charge in [0.2, 0.25) is 0 Å². The molecule has 6 heteroatoms. The molecule has 20 heavy (non-hydrogen) atoms. The molecule has 0 aliphatic carbocycles. The number of hydrogen-bond acceptors (Lipinski definition) is 4. The number of phenols is 1. The minimum atomic E-state index is -1.27. The fourth-order valence-electron chi connectivity index (χ4n) is 1.59. The smallest absolute Gasteiger partial charge is 0.339 e. The molecule has 6 nitrogen and oxygen atoms in total. The van der Waals surface area contributed by atoms with Crippen LogP contribution >= 0.6 is 0 Å². The number of nitrogens with zero attached hydrogens (tertiary/aromatic N) is 1. The van der Waals surface area contributed by atoms with Gasteiger partial charge in [0, 0.05) is 17.6 Å². The van der Waals surface area contributed by atoms with Crippen LogP contribution < -0.4 is 5.32 Å². The zero-order valence-electron chi connectivity index (χ0n) is 10.6. The zero-order chi connectivity index (χ0) is 14.7. The van der Waals surface area contributed by atoms with Gasteiger partial charge in [-0.3, -0.25) is 9.78 Å². The van der Waals surface area contributed by atoms with E-state index in [-0.39, 0.29) is 17.0 Å². The van der Waals surface area contributed by atoms with E-state index in [2.05, 4.69) is 10.3 Å². The van der Waals surface area contributed by atoms with Crippen LogP contribution in [0.4, 0.5) is 5.69 Å². The predicted octanol–water partition coefficient (Wildman–Crippen LogP) is 2.05. The number of aromatic hydroxyl groups is 1. The number of carboxylic acids is 1. The van der Waals surface area contributed by atoms with Crippen molar-refractivity contribution in [3.8, 4) is 5.75 Å². The number of carbonyl (C=O) groups is 2. The van der Waals surface area contributed by atoms with Crippen molar-refractivity contribution in [1.82, 2.24) is 4.98 Å². The van der Waals surface area contributed by atoms with Gasteiger partial charge in [-0.2, -0.15) is 0 Å². The van der Waals surface area contributed by atoms with Crippen LogP contribution in [0.15, 0.2) is 36.5 Å². The first-order chi connectivity index (χ1) is 9.47. The van der Waals surface area contributed by atoms with E-state index < -0.39 is 11.9 Å². The molecule has 0 saturated carbocycles. The second-order valence-corrected chi connectivity index (χ2v) is 4.18. The molecule has 3 N–H and O–H groups in total. The summed E-state index contributed by atoms with van der Waals surface area (Å²) in [6.45, 7) is 1.81. The molecule has 0 aliphatic rings. The van der Waals surface area contributed by atoms with E-state index in [4.69, 9.17) is 5.11 Å². The van der Waals surface area contributed by atoms with Gasteiger partial charge in [0.05, 0.1) is 5.56 Å². The van der Waals surface area contributed by atoms with Crippen LogP contribution in [-0.4, -0.2) is 27.1 Å². The van der Waals surface area contributed by atoms with Crippen LogP contribution in [0.3, 0.4) is 0 Å². The second-order valence-electron chi connectivity index (χ2n) is 4.18. The molecule has 1 aromatic carbocycles. The highest BCUT2D eigenvalue weighted by atomic mass is 16.4. The molecule has 1 amide bonds. The number of aromatic carboxylic acids is 1. The Hall–Kier alpha value is -2.89. The number of benzene rings is 1. The fraction of sp³-hybridized carbons (Fsp3) is 0.0714. The van der Waals surface area contributed by atoms with Crippen molar-refractivity contribution in [2.75, 3.05) is 5.32 Å². The van der Waals surface area contributed by atoms with E-state index in [0.717, 1.165) is 5.69 Å². The van der Waals surface area contributed by atoms with Crippen LogP contribution in [0.5, 0.6) is 5.75 Å². The van der Waals surface area contributed by atoms with Gasteiger partial charge in [-0.05, 0) is 37.3 Å². The van der Waals surface area contributed by atoms with E-state index in [9.17, 15) is 14.7 Å². The van der Waals surface area contributed by atoms with E-state index in [1.807, 2.05) is 0 Å². The molecule has 0 bridgehead atoms. The summed E-state index contributed by atoms with van der Waals surface area (Å²) in [5.41, 5.74) is 1.16. The summed E-state index contributed by atoms with van der Waals surface area (Å²) in [6, 6.07) is 7.15. The molecule has 102 valence electrons. The Kier molecular flexibility index (Phi) is 3.65. The number of aromatic nitrogens is 1. The number of aryl methyl sites for hydroxylation is 1. The summed E-state index contributed by atoms with van der Waals surface area (Å²) in [5, 5.41) is 20.8. The number of nitrogens with one attached hydrogen (secondary N) is 1. The van der Waals surface area contributed by atoms with E-state index in [0.29, 0.717) is 5.56 Å². The first-order valence-corrected chi connectivity index (χ1v) is 5.77. The minimum Gasteiger partial charge on any atom is -0.507 e. The van der Waals surface area contributed by atoms with Crippen molar-refractivity contribution in [1.29, 1.82) is 0 Å². The molecule has 0 saturated heterocycles. The van der Waals surface area contributed by atoms with Gasteiger partial charge in [0.1, 0.15) is 11.3 Å². The van der Waals surface area contributed by atoms with Gasteiger partial charge in [0.25, 0.3) is 5.91 Å². The average Bonchev–Trinajstić information content (AvgIpc) is 2.41. The second kappa shape index (κ2) is 5.40. The lowest BCUT2D eigenvalue weighted by Gasteiger charge is -2.07. The summed E-state index contributed by atoms with van der Waals surface area (Å²) in [6.07, 6.45) is 1.43. The number of carbonyl (C=O) groups excluding carboxylic acids is 1. The van der Waals surface area contributed by atoms with E-state index >= 15 is 0 Å². The Labute approximate surface area is 114 Å². The molecule has 0 atom stereocenters. The summed E-state index contributed by atoms with van der Waals surface area (Å²) in [7, 11) is 0. The first-order valence-electron chi connectivity index (χ1n) is 5.77. The number of rotatable bonds is 3. The Morgan fingerprint density at radius 2 is 1.95 bits per heavy atom. The lowest BCUT2D eigenvalue weighted by atomic mass is 10.1. The molecule has 0 aliphatic heterocycles. The third-order valence-corrected chi connectivity index (χ3v) is 2.66. The quantitative estimate of drug-likeness (QED) is 0.742. The molecule has 0 radical (unpaired) electrons. The molecular weight excluding hydrogens is 260 g/mol. The van der Waals surface area contributed by atoms with Gasteiger partial charge < -0.3 is 15.5 Å². The SMILES string of the molecule is Cc1ccc(C(=O)Nc2ccc(O)c(C(=O)O)c2)cn1. The minimum absolute atomic E-state index is 0.273. The molecule has 1 heterocycles. The summed E-state index contributed by atoms with van der Waals surface area (Å²) < 4.78 is 0. The fourth-order valence-corrected chi connectivity index (χ4v) is 1.59. The molecular formula is C14H12N2O4. The maximum atomic E-state index is 11.9. The van der Waals surface area contributed by atoms with Crippen molar-refractivity contribution < 1.29 is 19.8 Å². The number of anilines is 1. The molecule has 2 rings (SSSR count). The monoisotopic (exact) mass is 272 g/mol. The molecule has 0 unspecified atom stereocenters. The normalized spacial score (nSPS) is 10.1. The topological polar surface area (TPSA) is 99.5 Å². The lowest BCUT2D eigenvalue weighted by Crippen LogP contribution is -2.12.